The lowest BCUT2D eigenvalue weighted by molar-refractivity contribution is 0.0628. The molecule has 1 N–H and O–H groups in total. The molecule has 1 aliphatic heterocycles. The summed E-state index contributed by atoms with van der Waals surface area (Å²) in [7, 11) is -0.574. The molecule has 0 saturated heterocycles. The molecule has 0 fully saturated rings. The van der Waals surface area contributed by atoms with E-state index in [4.69, 9.17) is 18.6 Å². The molecule has 1 aromatic heterocycles. The zero-order valence-electron chi connectivity index (χ0n) is 27.1. The maximum absolute atomic E-state index is 14.5. The topological polar surface area (TPSA) is 86.3 Å². The van der Waals surface area contributed by atoms with Gasteiger partial charge in [0, 0.05) is 17.5 Å². The van der Waals surface area contributed by atoms with Gasteiger partial charge in [0.2, 0.25) is 0 Å². The molecule has 1 atom stereocenters. The highest BCUT2D eigenvalue weighted by atomic mass is 32.1. The molecule has 2 aromatic carbocycles. The standard InChI is InChI=1S/C35H44N2O6SSi/c1-8-18-41-34(39)36-29-22-31(42-23-25-13-10-9-11-14-25)30(40-5)21-28(29)33(38)37-17-16-26(32-15-12-19-44-32)20-27(37)24-43-45(6,7)35(2,3)4/h8-16,19,21-22,27H,1,17-18,20,23-24H2,2-7H3,(H,36,39)/t27-/m0/s1. The van der Waals surface area contributed by atoms with Crippen LogP contribution in [0.1, 0.15) is 48.0 Å². The van der Waals surface area contributed by atoms with Crippen molar-refractivity contribution in [2.24, 2.45) is 0 Å². The molecule has 0 unspecified atom stereocenters. The zero-order valence-corrected chi connectivity index (χ0v) is 28.9. The van der Waals surface area contributed by atoms with Gasteiger partial charge in [-0.05, 0) is 53.2 Å². The van der Waals surface area contributed by atoms with E-state index in [0.29, 0.717) is 31.1 Å². The molecule has 240 valence electrons. The second-order valence-corrected chi connectivity index (χ2v) is 18.2. The van der Waals surface area contributed by atoms with Crippen molar-refractivity contribution in [3.8, 4) is 11.5 Å². The van der Waals surface area contributed by atoms with Gasteiger partial charge in [-0.25, -0.2) is 4.79 Å². The van der Waals surface area contributed by atoms with Crippen LogP contribution in [0.25, 0.3) is 5.57 Å². The molecule has 0 bridgehead atoms. The second kappa shape index (κ2) is 14.9. The number of nitrogens with zero attached hydrogens (tertiary/aromatic N) is 1. The van der Waals surface area contributed by atoms with Gasteiger partial charge in [-0.1, -0.05) is 75.9 Å². The first-order valence-corrected chi connectivity index (χ1v) is 18.8. The Balaban J connectivity index is 1.70. The van der Waals surface area contributed by atoms with Crippen LogP contribution in [0.15, 0.2) is 78.7 Å². The van der Waals surface area contributed by atoms with Crippen LogP contribution in [0.3, 0.4) is 0 Å². The molecule has 2 heterocycles. The number of thiophene rings is 1. The number of benzene rings is 2. The zero-order chi connectivity index (χ0) is 32.6. The third kappa shape index (κ3) is 8.65. The molecular weight excluding hydrogens is 605 g/mol. The van der Waals surface area contributed by atoms with Crippen LogP contribution in [0.2, 0.25) is 18.1 Å². The first-order valence-electron chi connectivity index (χ1n) is 15.0. The second-order valence-electron chi connectivity index (χ2n) is 12.4. The summed E-state index contributed by atoms with van der Waals surface area (Å²) in [6, 6.07) is 16.9. The summed E-state index contributed by atoms with van der Waals surface area (Å²) in [5.41, 5.74) is 2.69. The lowest BCUT2D eigenvalue weighted by atomic mass is 9.98. The van der Waals surface area contributed by atoms with Crippen LogP contribution in [0.5, 0.6) is 11.5 Å². The van der Waals surface area contributed by atoms with E-state index in [2.05, 4.69) is 63.3 Å². The molecule has 0 spiro atoms. The average Bonchev–Trinajstić information content (AvgIpc) is 3.57. The number of ether oxygens (including phenoxy) is 3. The number of methoxy groups -OCH3 is 1. The Morgan fingerprint density at radius 3 is 2.51 bits per heavy atom. The number of rotatable bonds is 12. The number of amides is 2. The van der Waals surface area contributed by atoms with Crippen molar-refractivity contribution in [1.82, 2.24) is 4.90 Å². The van der Waals surface area contributed by atoms with Crippen LogP contribution in [-0.4, -0.2) is 58.1 Å². The minimum atomic E-state index is -2.10. The minimum absolute atomic E-state index is 0.0226. The first kappa shape index (κ1) is 34.0. The number of carbonyl (C=O) groups is 2. The van der Waals surface area contributed by atoms with E-state index in [1.807, 2.05) is 41.3 Å². The summed E-state index contributed by atoms with van der Waals surface area (Å²) in [5, 5.41) is 4.83. The Bertz CT molecular complexity index is 1500. The molecule has 2 amide bonds. The summed E-state index contributed by atoms with van der Waals surface area (Å²) >= 11 is 1.69. The fraction of sp³-hybridized carbons (Fsp3) is 0.371. The van der Waals surface area contributed by atoms with E-state index >= 15 is 0 Å². The van der Waals surface area contributed by atoms with E-state index in [0.717, 1.165) is 5.56 Å². The van der Waals surface area contributed by atoms with Gasteiger partial charge in [0.05, 0.1) is 31.0 Å². The molecular formula is C35H44N2O6SSi. The minimum Gasteiger partial charge on any atom is -0.493 e. The number of anilines is 1. The van der Waals surface area contributed by atoms with Crippen LogP contribution >= 0.6 is 11.3 Å². The number of hydrogen-bond donors (Lipinski definition) is 1. The highest BCUT2D eigenvalue weighted by Gasteiger charge is 2.39. The van der Waals surface area contributed by atoms with E-state index in [1.165, 1.54) is 23.6 Å². The molecule has 0 aliphatic carbocycles. The van der Waals surface area contributed by atoms with Crippen LogP contribution in [0, 0.1) is 0 Å². The predicted molar refractivity (Wildman–Crippen MR) is 184 cm³/mol. The van der Waals surface area contributed by atoms with E-state index in [9.17, 15) is 9.59 Å². The number of nitrogens with one attached hydrogen (secondary N) is 1. The van der Waals surface area contributed by atoms with Gasteiger partial charge in [0.15, 0.2) is 19.8 Å². The van der Waals surface area contributed by atoms with Crippen molar-refractivity contribution in [2.75, 3.05) is 32.2 Å². The van der Waals surface area contributed by atoms with Crippen LogP contribution < -0.4 is 14.8 Å². The van der Waals surface area contributed by atoms with Crippen molar-refractivity contribution >= 4 is 42.9 Å². The number of hydrogen-bond acceptors (Lipinski definition) is 7. The molecule has 3 aromatic rings. The molecule has 8 nitrogen and oxygen atoms in total. The Labute approximate surface area is 271 Å². The van der Waals surface area contributed by atoms with E-state index in [-0.39, 0.29) is 41.5 Å². The monoisotopic (exact) mass is 648 g/mol. The third-order valence-electron chi connectivity index (χ3n) is 8.31. The Morgan fingerprint density at radius 1 is 1.11 bits per heavy atom. The Hall–Kier alpha value is -3.86. The van der Waals surface area contributed by atoms with Crippen molar-refractivity contribution in [1.29, 1.82) is 0 Å². The van der Waals surface area contributed by atoms with Crippen LogP contribution in [0.4, 0.5) is 10.5 Å². The normalized spacial score (nSPS) is 15.2. The summed E-state index contributed by atoms with van der Waals surface area (Å²) in [6.07, 6.45) is 3.53. The SMILES string of the molecule is C=CCOC(=O)Nc1cc(OCc2ccccc2)c(OC)cc1C(=O)N1CC=C(c2cccs2)C[C@H]1CO[Si](C)(C)C(C)(C)C. The van der Waals surface area contributed by atoms with Crippen molar-refractivity contribution in [2.45, 2.75) is 58.0 Å². The van der Waals surface area contributed by atoms with Gasteiger partial charge in [-0.3, -0.25) is 10.1 Å². The molecule has 10 heteroatoms. The van der Waals surface area contributed by atoms with E-state index in [1.54, 1.807) is 23.5 Å². The Morgan fingerprint density at radius 2 is 1.87 bits per heavy atom. The van der Waals surface area contributed by atoms with Gasteiger partial charge in [-0.15, -0.1) is 11.3 Å². The first-order chi connectivity index (χ1) is 21.4. The lowest BCUT2D eigenvalue weighted by Crippen LogP contribution is -2.49. The van der Waals surface area contributed by atoms with Gasteiger partial charge < -0.3 is 23.5 Å². The largest absolute Gasteiger partial charge is 0.493 e. The van der Waals surface area contributed by atoms with Crippen LogP contribution in [-0.2, 0) is 15.8 Å². The smallest absolute Gasteiger partial charge is 0.411 e. The van der Waals surface area contributed by atoms with Gasteiger partial charge in [-0.2, -0.15) is 0 Å². The molecule has 0 saturated carbocycles. The summed E-state index contributed by atoms with van der Waals surface area (Å²) in [4.78, 5) is 30.2. The average molecular weight is 649 g/mol. The maximum Gasteiger partial charge on any atom is 0.411 e. The third-order valence-corrected chi connectivity index (χ3v) is 13.8. The summed E-state index contributed by atoms with van der Waals surface area (Å²) in [6.45, 7) is 15.8. The quantitative estimate of drug-likeness (QED) is 0.157. The molecule has 0 radical (unpaired) electrons. The maximum atomic E-state index is 14.5. The molecule has 1 aliphatic rings. The van der Waals surface area contributed by atoms with Crippen molar-refractivity contribution in [3.05, 3.63) is 94.7 Å². The summed E-state index contributed by atoms with van der Waals surface area (Å²) in [5.74, 6) is 0.501. The fourth-order valence-corrected chi connectivity index (χ4v) is 6.49. The highest BCUT2D eigenvalue weighted by molar-refractivity contribution is 7.11. The Kier molecular flexibility index (Phi) is 11.3. The lowest BCUT2D eigenvalue weighted by Gasteiger charge is -2.41. The predicted octanol–water partition coefficient (Wildman–Crippen LogP) is 8.39. The van der Waals surface area contributed by atoms with Gasteiger partial charge >= 0.3 is 6.09 Å². The van der Waals surface area contributed by atoms with E-state index < -0.39 is 14.4 Å². The van der Waals surface area contributed by atoms with Crippen molar-refractivity contribution < 1.29 is 28.2 Å². The van der Waals surface area contributed by atoms with Gasteiger partial charge in [0.1, 0.15) is 13.2 Å². The molecule has 45 heavy (non-hydrogen) atoms. The van der Waals surface area contributed by atoms with Gasteiger partial charge in [0.25, 0.3) is 5.91 Å². The highest BCUT2D eigenvalue weighted by Crippen LogP contribution is 2.39. The summed E-state index contributed by atoms with van der Waals surface area (Å²) < 4.78 is 23.6. The number of carbonyl (C=O) groups excluding carboxylic acids is 2. The molecule has 4 rings (SSSR count). The fourth-order valence-electron chi connectivity index (χ4n) is 4.67. The van der Waals surface area contributed by atoms with Crippen molar-refractivity contribution in [3.63, 3.8) is 0 Å².